The van der Waals surface area contributed by atoms with Crippen molar-refractivity contribution in [2.24, 2.45) is 12.5 Å². The first-order valence-electron chi connectivity index (χ1n) is 9.93. The van der Waals surface area contributed by atoms with Gasteiger partial charge in [-0.1, -0.05) is 44.5 Å². The van der Waals surface area contributed by atoms with E-state index in [1.807, 2.05) is 20.8 Å². The molecule has 0 atom stereocenters. The van der Waals surface area contributed by atoms with Crippen LogP contribution in [0.3, 0.4) is 0 Å². The van der Waals surface area contributed by atoms with Crippen LogP contribution >= 0.6 is 11.6 Å². The second-order valence-electron chi connectivity index (χ2n) is 8.94. The van der Waals surface area contributed by atoms with Crippen LogP contribution < -0.4 is 0 Å². The van der Waals surface area contributed by atoms with Gasteiger partial charge in [-0.15, -0.1) is 0 Å². The summed E-state index contributed by atoms with van der Waals surface area (Å²) in [7, 11) is 3.21. The number of rotatable bonds is 5. The Bertz CT molecular complexity index is 1110. The normalized spacial score (nSPS) is 12.3. The number of hydrogen-bond acceptors (Lipinski definition) is 3. The van der Waals surface area contributed by atoms with E-state index in [-0.39, 0.29) is 29.0 Å². The second-order valence-corrected chi connectivity index (χ2v) is 9.38. The summed E-state index contributed by atoms with van der Waals surface area (Å²) in [5.41, 5.74) is -0.616. The van der Waals surface area contributed by atoms with E-state index in [0.717, 1.165) is 10.6 Å². The van der Waals surface area contributed by atoms with Crippen molar-refractivity contribution in [1.29, 1.82) is 0 Å². The van der Waals surface area contributed by atoms with E-state index < -0.39 is 17.8 Å². The molecule has 0 aliphatic rings. The summed E-state index contributed by atoms with van der Waals surface area (Å²) in [6.07, 6.45) is -3.28. The first-order valence-corrected chi connectivity index (χ1v) is 10.3. The second kappa shape index (κ2) is 8.61. The lowest BCUT2D eigenvalue weighted by Gasteiger charge is -2.27. The molecule has 172 valence electrons. The lowest BCUT2D eigenvalue weighted by atomic mass is 9.96. The molecule has 32 heavy (non-hydrogen) atoms. The standard InChI is InChI=1S/C22H25ClF3N5O/c1-21(2,3)12-29(4)20(32)19-16(14-6-8-15(23)9-7-14)10-17(22(24,25)26)31(19)11-18-27-13-30(5)28-18/h6-10,13H,11-12H2,1-5H3. The summed E-state index contributed by atoms with van der Waals surface area (Å²) in [5, 5.41) is 4.55. The molecule has 2 heterocycles. The Labute approximate surface area is 189 Å². The molecule has 0 radical (unpaired) electrons. The van der Waals surface area contributed by atoms with Gasteiger partial charge >= 0.3 is 6.18 Å². The molecule has 6 nitrogen and oxygen atoms in total. The molecule has 0 saturated carbocycles. The third-order valence-corrected chi connectivity index (χ3v) is 5.00. The van der Waals surface area contributed by atoms with E-state index >= 15 is 0 Å². The topological polar surface area (TPSA) is 56.0 Å². The van der Waals surface area contributed by atoms with Crippen LogP contribution in [0.15, 0.2) is 36.7 Å². The Morgan fingerprint density at radius 1 is 1.16 bits per heavy atom. The van der Waals surface area contributed by atoms with Crippen molar-refractivity contribution in [3.63, 3.8) is 0 Å². The van der Waals surface area contributed by atoms with Crippen molar-refractivity contribution in [2.75, 3.05) is 13.6 Å². The Kier molecular flexibility index (Phi) is 6.42. The molecule has 10 heteroatoms. The Morgan fingerprint density at radius 2 is 1.78 bits per heavy atom. The maximum Gasteiger partial charge on any atom is 0.431 e. The molecule has 2 aromatic heterocycles. The smallest absolute Gasteiger partial charge is 0.340 e. The molecule has 0 unspecified atom stereocenters. The molecule has 3 aromatic rings. The van der Waals surface area contributed by atoms with Crippen LogP contribution in [-0.2, 0) is 19.8 Å². The van der Waals surface area contributed by atoms with Crippen molar-refractivity contribution >= 4 is 17.5 Å². The molecule has 0 spiro atoms. The average molecular weight is 468 g/mol. The van der Waals surface area contributed by atoms with Gasteiger partial charge in [0.05, 0.1) is 6.54 Å². The first kappa shape index (κ1) is 23.8. The maximum atomic E-state index is 14.1. The lowest BCUT2D eigenvalue weighted by molar-refractivity contribution is -0.143. The SMILES string of the molecule is CN(CC(C)(C)C)C(=O)c1c(-c2ccc(Cl)cc2)cc(C(F)(F)F)n1Cc1ncn(C)n1. The largest absolute Gasteiger partial charge is 0.431 e. The zero-order chi connectivity index (χ0) is 23.8. The van der Waals surface area contributed by atoms with Gasteiger partial charge < -0.3 is 9.47 Å². The van der Waals surface area contributed by atoms with Crippen molar-refractivity contribution in [1.82, 2.24) is 24.2 Å². The van der Waals surface area contributed by atoms with Gasteiger partial charge in [0.1, 0.15) is 17.7 Å². The molecule has 3 rings (SSSR count). The number of nitrogens with zero attached hydrogens (tertiary/aromatic N) is 5. The number of hydrogen-bond donors (Lipinski definition) is 0. The number of halogens is 4. The fraction of sp³-hybridized carbons (Fsp3) is 0.409. The van der Waals surface area contributed by atoms with Crippen LogP contribution in [0, 0.1) is 5.41 Å². The number of aryl methyl sites for hydroxylation is 1. The quantitative estimate of drug-likeness (QED) is 0.523. The number of alkyl halides is 3. The summed E-state index contributed by atoms with van der Waals surface area (Å²) in [6.45, 7) is 5.92. The van der Waals surface area contributed by atoms with E-state index in [1.165, 1.54) is 15.9 Å². The van der Waals surface area contributed by atoms with E-state index in [2.05, 4.69) is 10.1 Å². The molecule has 0 saturated heterocycles. The van der Waals surface area contributed by atoms with Crippen LogP contribution in [0.4, 0.5) is 13.2 Å². The van der Waals surface area contributed by atoms with E-state index in [1.54, 1.807) is 38.4 Å². The number of carbonyl (C=O) groups is 1. The van der Waals surface area contributed by atoms with Crippen LogP contribution in [-0.4, -0.2) is 43.7 Å². The highest BCUT2D eigenvalue weighted by Crippen LogP contribution is 2.38. The van der Waals surface area contributed by atoms with Gasteiger partial charge in [-0.25, -0.2) is 4.98 Å². The van der Waals surface area contributed by atoms with Crippen molar-refractivity contribution < 1.29 is 18.0 Å². The molecule has 1 amide bonds. The van der Waals surface area contributed by atoms with Crippen molar-refractivity contribution in [3.05, 3.63) is 58.9 Å². The van der Waals surface area contributed by atoms with Crippen LogP contribution in [0.2, 0.25) is 5.02 Å². The lowest BCUT2D eigenvalue weighted by Crippen LogP contribution is -2.36. The predicted octanol–water partition coefficient (Wildman–Crippen LogP) is 5.12. The minimum atomic E-state index is -4.68. The molecule has 0 N–H and O–H groups in total. The van der Waals surface area contributed by atoms with Crippen LogP contribution in [0.5, 0.6) is 0 Å². The van der Waals surface area contributed by atoms with Gasteiger partial charge in [-0.2, -0.15) is 18.3 Å². The zero-order valence-corrected chi connectivity index (χ0v) is 19.3. The number of aromatic nitrogens is 4. The minimum absolute atomic E-state index is 0.0705. The van der Waals surface area contributed by atoms with Gasteiger partial charge in [-0.05, 0) is 29.2 Å². The molecule has 0 aliphatic carbocycles. The number of benzene rings is 1. The van der Waals surface area contributed by atoms with Gasteiger partial charge in [0.25, 0.3) is 5.91 Å². The Hall–Kier alpha value is -2.81. The maximum absolute atomic E-state index is 14.1. The summed E-state index contributed by atoms with van der Waals surface area (Å²) >= 11 is 5.96. The summed E-state index contributed by atoms with van der Waals surface area (Å²) in [4.78, 5) is 19.0. The van der Waals surface area contributed by atoms with Crippen LogP contribution in [0.1, 0.15) is 42.8 Å². The fourth-order valence-corrected chi connectivity index (χ4v) is 3.72. The third kappa shape index (κ3) is 5.32. The number of carbonyl (C=O) groups excluding carboxylic acids is 1. The fourth-order valence-electron chi connectivity index (χ4n) is 3.59. The zero-order valence-electron chi connectivity index (χ0n) is 18.5. The highest BCUT2D eigenvalue weighted by Gasteiger charge is 2.39. The van der Waals surface area contributed by atoms with E-state index in [9.17, 15) is 18.0 Å². The average Bonchev–Trinajstić information content (AvgIpc) is 3.24. The highest BCUT2D eigenvalue weighted by atomic mass is 35.5. The van der Waals surface area contributed by atoms with Gasteiger partial charge in [0.2, 0.25) is 0 Å². The summed E-state index contributed by atoms with van der Waals surface area (Å²) in [6, 6.07) is 7.36. The third-order valence-electron chi connectivity index (χ3n) is 4.75. The monoisotopic (exact) mass is 467 g/mol. The molecule has 0 fully saturated rings. The highest BCUT2D eigenvalue weighted by molar-refractivity contribution is 6.30. The number of amides is 1. The van der Waals surface area contributed by atoms with E-state index in [4.69, 9.17) is 11.6 Å². The van der Waals surface area contributed by atoms with Crippen molar-refractivity contribution in [3.8, 4) is 11.1 Å². The summed E-state index contributed by atoms with van der Waals surface area (Å²) < 4.78 is 44.5. The Morgan fingerprint density at radius 3 is 2.28 bits per heavy atom. The molecule has 0 aliphatic heterocycles. The molecule has 0 bridgehead atoms. The predicted molar refractivity (Wildman–Crippen MR) is 116 cm³/mol. The Balaban J connectivity index is 2.24. The van der Waals surface area contributed by atoms with Crippen LogP contribution in [0.25, 0.3) is 11.1 Å². The summed E-state index contributed by atoms with van der Waals surface area (Å²) in [5.74, 6) is -0.347. The molecular weight excluding hydrogens is 443 g/mol. The first-order chi connectivity index (χ1) is 14.8. The minimum Gasteiger partial charge on any atom is -0.340 e. The van der Waals surface area contributed by atoms with Gasteiger partial charge in [0.15, 0.2) is 5.82 Å². The van der Waals surface area contributed by atoms with E-state index in [0.29, 0.717) is 17.1 Å². The molecular formula is C22H25ClF3N5O. The molecule has 1 aromatic carbocycles. The van der Waals surface area contributed by atoms with Crippen molar-refractivity contribution in [2.45, 2.75) is 33.5 Å². The van der Waals surface area contributed by atoms with Gasteiger partial charge in [0, 0.05) is 31.2 Å². The van der Waals surface area contributed by atoms with Gasteiger partial charge in [-0.3, -0.25) is 9.48 Å².